The van der Waals surface area contributed by atoms with Crippen molar-refractivity contribution in [3.63, 3.8) is 0 Å². The number of hydrogen-bond acceptors (Lipinski definition) is 5. The van der Waals surface area contributed by atoms with Crippen LogP contribution in [-0.4, -0.2) is 77.0 Å². The Kier molecular flexibility index (Phi) is 7.19. The summed E-state index contributed by atoms with van der Waals surface area (Å²) in [6.07, 6.45) is 0.909. The molecular formula is C12H25N3O3. The number of likely N-dealkylation sites (N-methyl/N-ethyl adjacent to an activating group) is 1. The highest BCUT2D eigenvalue weighted by Gasteiger charge is 2.28. The van der Waals surface area contributed by atoms with E-state index in [1.807, 2.05) is 7.05 Å². The van der Waals surface area contributed by atoms with Crippen LogP contribution in [0.4, 0.5) is 0 Å². The van der Waals surface area contributed by atoms with Gasteiger partial charge >= 0.3 is 0 Å². The molecule has 6 heteroatoms. The van der Waals surface area contributed by atoms with Crippen molar-refractivity contribution in [3.8, 4) is 0 Å². The Morgan fingerprint density at radius 2 is 2.22 bits per heavy atom. The second kappa shape index (κ2) is 8.42. The highest BCUT2D eigenvalue weighted by atomic mass is 16.5. The first kappa shape index (κ1) is 15.4. The van der Waals surface area contributed by atoms with Crippen LogP contribution in [0.5, 0.6) is 0 Å². The van der Waals surface area contributed by atoms with Crippen molar-refractivity contribution >= 4 is 5.91 Å². The molecule has 6 nitrogen and oxygen atoms in total. The number of nitrogens with one attached hydrogen (secondary N) is 2. The molecule has 0 radical (unpaired) electrons. The van der Waals surface area contributed by atoms with Crippen molar-refractivity contribution in [3.05, 3.63) is 0 Å². The normalized spacial score (nSPS) is 23.6. The summed E-state index contributed by atoms with van der Waals surface area (Å²) in [5.41, 5.74) is 0. The molecule has 1 rings (SSSR count). The second-order valence-electron chi connectivity index (χ2n) is 4.64. The molecule has 0 aromatic carbocycles. The van der Waals surface area contributed by atoms with E-state index in [1.165, 1.54) is 0 Å². The predicted molar refractivity (Wildman–Crippen MR) is 69.6 cm³/mol. The fourth-order valence-electron chi connectivity index (χ4n) is 1.93. The van der Waals surface area contributed by atoms with Gasteiger partial charge in [0.2, 0.25) is 5.91 Å². The smallest absolute Gasteiger partial charge is 0.237 e. The first-order chi connectivity index (χ1) is 8.67. The molecule has 0 bridgehead atoms. The van der Waals surface area contributed by atoms with Gasteiger partial charge in [-0.25, -0.2) is 0 Å². The SMILES string of the molecule is COCCN(C)CCNC(=O)C1CC(OC)CN1. The summed E-state index contributed by atoms with van der Waals surface area (Å²) < 4.78 is 10.2. The van der Waals surface area contributed by atoms with Crippen molar-refractivity contribution in [1.29, 1.82) is 0 Å². The van der Waals surface area contributed by atoms with Crippen LogP contribution in [0.25, 0.3) is 0 Å². The van der Waals surface area contributed by atoms with Crippen LogP contribution >= 0.6 is 0 Å². The van der Waals surface area contributed by atoms with Gasteiger partial charge < -0.3 is 25.0 Å². The summed E-state index contributed by atoms with van der Waals surface area (Å²) in [4.78, 5) is 14.0. The van der Waals surface area contributed by atoms with Crippen LogP contribution in [0.2, 0.25) is 0 Å². The molecule has 2 unspecified atom stereocenters. The lowest BCUT2D eigenvalue weighted by Crippen LogP contribution is -2.43. The summed E-state index contributed by atoms with van der Waals surface area (Å²) >= 11 is 0. The van der Waals surface area contributed by atoms with Crippen LogP contribution in [0.1, 0.15) is 6.42 Å². The molecule has 0 aliphatic carbocycles. The van der Waals surface area contributed by atoms with Crippen molar-refractivity contribution in [2.45, 2.75) is 18.6 Å². The minimum absolute atomic E-state index is 0.0645. The maximum absolute atomic E-state index is 11.8. The lowest BCUT2D eigenvalue weighted by atomic mass is 10.2. The zero-order chi connectivity index (χ0) is 13.4. The summed E-state index contributed by atoms with van der Waals surface area (Å²) in [6, 6.07) is -0.112. The van der Waals surface area contributed by atoms with E-state index in [4.69, 9.17) is 9.47 Å². The van der Waals surface area contributed by atoms with E-state index >= 15 is 0 Å². The Hall–Kier alpha value is -0.690. The molecule has 1 aliphatic heterocycles. The van der Waals surface area contributed by atoms with E-state index < -0.39 is 0 Å². The molecule has 0 aromatic heterocycles. The number of hydrogen-bond donors (Lipinski definition) is 2. The van der Waals surface area contributed by atoms with Gasteiger partial charge in [-0.1, -0.05) is 0 Å². The molecule has 2 atom stereocenters. The third-order valence-electron chi connectivity index (χ3n) is 3.21. The number of rotatable bonds is 8. The Balaban J connectivity index is 2.10. The van der Waals surface area contributed by atoms with Gasteiger partial charge in [0.25, 0.3) is 0 Å². The predicted octanol–water partition coefficient (Wildman–Crippen LogP) is -0.942. The fraction of sp³-hybridized carbons (Fsp3) is 0.917. The monoisotopic (exact) mass is 259 g/mol. The van der Waals surface area contributed by atoms with Crippen LogP contribution in [0, 0.1) is 0 Å². The van der Waals surface area contributed by atoms with E-state index in [2.05, 4.69) is 15.5 Å². The Morgan fingerprint density at radius 1 is 1.44 bits per heavy atom. The molecule has 1 amide bonds. The largest absolute Gasteiger partial charge is 0.383 e. The van der Waals surface area contributed by atoms with Crippen LogP contribution in [0.15, 0.2) is 0 Å². The average Bonchev–Trinajstić information content (AvgIpc) is 2.85. The van der Waals surface area contributed by atoms with E-state index in [0.717, 1.165) is 26.1 Å². The molecule has 106 valence electrons. The zero-order valence-electron chi connectivity index (χ0n) is 11.6. The Morgan fingerprint density at radius 3 is 2.83 bits per heavy atom. The molecular weight excluding hydrogens is 234 g/mol. The maximum atomic E-state index is 11.8. The van der Waals surface area contributed by atoms with Crippen LogP contribution < -0.4 is 10.6 Å². The van der Waals surface area contributed by atoms with E-state index in [1.54, 1.807) is 14.2 Å². The summed E-state index contributed by atoms with van der Waals surface area (Å²) in [6.45, 7) is 3.83. The van der Waals surface area contributed by atoms with Crippen molar-refractivity contribution in [2.75, 3.05) is 54.1 Å². The summed E-state index contributed by atoms with van der Waals surface area (Å²) in [7, 11) is 5.38. The molecule has 1 heterocycles. The van der Waals surface area contributed by atoms with Gasteiger partial charge in [-0.3, -0.25) is 4.79 Å². The van der Waals surface area contributed by atoms with E-state index in [9.17, 15) is 4.79 Å². The van der Waals surface area contributed by atoms with Gasteiger partial charge in [0.1, 0.15) is 0 Å². The quantitative estimate of drug-likeness (QED) is 0.589. The first-order valence-corrected chi connectivity index (χ1v) is 6.38. The van der Waals surface area contributed by atoms with Gasteiger partial charge in [-0.15, -0.1) is 0 Å². The minimum Gasteiger partial charge on any atom is -0.383 e. The minimum atomic E-state index is -0.112. The molecule has 0 aromatic rings. The number of carbonyl (C=O) groups is 1. The van der Waals surface area contributed by atoms with Gasteiger partial charge in [0.15, 0.2) is 0 Å². The molecule has 1 fully saturated rings. The lowest BCUT2D eigenvalue weighted by molar-refractivity contribution is -0.123. The third kappa shape index (κ3) is 5.30. The maximum Gasteiger partial charge on any atom is 0.237 e. The van der Waals surface area contributed by atoms with E-state index in [0.29, 0.717) is 13.2 Å². The van der Waals surface area contributed by atoms with Gasteiger partial charge in [0, 0.05) is 40.4 Å². The third-order valence-corrected chi connectivity index (χ3v) is 3.21. The average molecular weight is 259 g/mol. The molecule has 18 heavy (non-hydrogen) atoms. The Bertz CT molecular complexity index is 251. The molecule has 2 N–H and O–H groups in total. The fourth-order valence-corrected chi connectivity index (χ4v) is 1.93. The number of nitrogens with zero attached hydrogens (tertiary/aromatic N) is 1. The van der Waals surface area contributed by atoms with Crippen molar-refractivity contribution in [1.82, 2.24) is 15.5 Å². The Labute approximate surface area is 109 Å². The molecule has 1 aliphatic rings. The topological polar surface area (TPSA) is 62.8 Å². The lowest BCUT2D eigenvalue weighted by Gasteiger charge is -2.17. The summed E-state index contributed by atoms with van der Waals surface area (Å²) in [5.74, 6) is 0.0645. The number of methoxy groups -OCH3 is 2. The standard InChI is InChI=1S/C12H25N3O3/c1-15(6-7-17-2)5-4-13-12(16)11-8-10(18-3)9-14-11/h10-11,14H,4-9H2,1-3H3,(H,13,16). The zero-order valence-corrected chi connectivity index (χ0v) is 11.6. The first-order valence-electron chi connectivity index (χ1n) is 6.38. The van der Waals surface area contributed by atoms with Gasteiger partial charge in [-0.05, 0) is 13.5 Å². The van der Waals surface area contributed by atoms with Gasteiger partial charge in [0.05, 0.1) is 18.8 Å². The second-order valence-corrected chi connectivity index (χ2v) is 4.64. The van der Waals surface area contributed by atoms with Crippen molar-refractivity contribution in [2.24, 2.45) is 0 Å². The van der Waals surface area contributed by atoms with E-state index in [-0.39, 0.29) is 18.1 Å². The highest BCUT2D eigenvalue weighted by Crippen LogP contribution is 2.09. The van der Waals surface area contributed by atoms with Crippen LogP contribution in [0.3, 0.4) is 0 Å². The number of amides is 1. The van der Waals surface area contributed by atoms with Crippen LogP contribution in [-0.2, 0) is 14.3 Å². The molecule has 0 spiro atoms. The highest BCUT2D eigenvalue weighted by molar-refractivity contribution is 5.82. The van der Waals surface area contributed by atoms with Gasteiger partial charge in [-0.2, -0.15) is 0 Å². The molecule has 0 saturated carbocycles. The number of ether oxygens (including phenoxy) is 2. The number of carbonyl (C=O) groups excluding carboxylic acids is 1. The van der Waals surface area contributed by atoms with Crippen molar-refractivity contribution < 1.29 is 14.3 Å². The summed E-state index contributed by atoms with van der Waals surface area (Å²) in [5, 5.41) is 6.10. The molecule has 1 saturated heterocycles.